The number of hydrogen-bond donors (Lipinski definition) is 0. The minimum atomic E-state index is 0.719. The van der Waals surface area contributed by atoms with E-state index in [1.807, 2.05) is 36.7 Å². The fraction of sp³-hybridized carbons (Fsp3) is 0. The van der Waals surface area contributed by atoms with Crippen LogP contribution in [0.2, 0.25) is 0 Å². The summed E-state index contributed by atoms with van der Waals surface area (Å²) in [5.74, 6) is 0. The van der Waals surface area contributed by atoms with E-state index in [0.717, 1.165) is 56.7 Å². The van der Waals surface area contributed by atoms with E-state index in [0.29, 0.717) is 0 Å². The first-order chi connectivity index (χ1) is 26.8. The molecule has 0 atom stereocenters. The van der Waals surface area contributed by atoms with E-state index < -0.39 is 0 Å². The minimum absolute atomic E-state index is 0.719. The van der Waals surface area contributed by atoms with Crippen LogP contribution in [0.1, 0.15) is 22.5 Å². The summed E-state index contributed by atoms with van der Waals surface area (Å²) in [6, 6.07) is 59.3. The molecule has 1 aliphatic rings. The van der Waals surface area contributed by atoms with Gasteiger partial charge in [0.25, 0.3) is 0 Å². The molecule has 0 bridgehead atoms. The second-order valence-electron chi connectivity index (χ2n) is 13.5. The Bertz CT molecular complexity index is 2820. The molecule has 10 aromatic rings. The molecule has 252 valence electrons. The lowest BCUT2D eigenvalue weighted by atomic mass is 10.0. The van der Waals surface area contributed by atoms with Crippen molar-refractivity contribution in [2.45, 2.75) is 0 Å². The molecule has 0 unspecified atom stereocenters. The normalized spacial score (nSPS) is 12.7. The summed E-state index contributed by atoms with van der Waals surface area (Å²) in [7, 11) is 0. The van der Waals surface area contributed by atoms with Gasteiger partial charge in [0.05, 0.1) is 44.9 Å². The largest absolute Gasteiger partial charge is 0.309 e. The molecule has 11 rings (SSSR count). The Balaban J connectivity index is 1.02. The summed E-state index contributed by atoms with van der Waals surface area (Å²) in [5.41, 5.74) is 13.2. The molecule has 6 nitrogen and oxygen atoms in total. The van der Waals surface area contributed by atoms with Crippen LogP contribution in [-0.4, -0.2) is 30.5 Å². The smallest absolute Gasteiger partial charge is 0.115 e. The number of para-hydroxylation sites is 4. The van der Waals surface area contributed by atoms with Gasteiger partial charge in [-0.3, -0.25) is 9.97 Å². The zero-order valence-corrected chi connectivity index (χ0v) is 29.0. The zero-order chi connectivity index (χ0) is 35.6. The summed E-state index contributed by atoms with van der Waals surface area (Å²) in [4.78, 5) is 20.4. The van der Waals surface area contributed by atoms with Crippen LogP contribution in [0, 0.1) is 0 Å². The standard InChI is InChI=1S/C48H30N6/c1-5-17-41-35(11-1)36-12-2-6-18-42(36)53(41)33-25-21-31(22-26-33)45-47-39(15-9-29-49-47)52-46(48-40(51-45)16-10-30-50-48)32-23-27-34(28-24-32)54-43-19-7-3-13-37(43)38-14-4-8-20-44(38)54/h1-30H. The lowest BCUT2D eigenvalue weighted by Crippen LogP contribution is -2.13. The fourth-order valence-corrected chi connectivity index (χ4v) is 8.03. The van der Waals surface area contributed by atoms with Crippen molar-refractivity contribution in [1.29, 1.82) is 0 Å². The third-order valence-electron chi connectivity index (χ3n) is 10.4. The molecule has 6 heteroatoms. The summed E-state index contributed by atoms with van der Waals surface area (Å²) >= 11 is 0. The molecule has 0 fully saturated rings. The summed E-state index contributed by atoms with van der Waals surface area (Å²) in [6.45, 7) is 0. The van der Waals surface area contributed by atoms with Crippen molar-refractivity contribution in [3.63, 3.8) is 0 Å². The van der Waals surface area contributed by atoms with Crippen LogP contribution in [0.25, 0.3) is 55.0 Å². The predicted octanol–water partition coefficient (Wildman–Crippen LogP) is 11.3. The SMILES string of the molecule is c1cnc2c(c1)N=C(c1ccc(-n3c4ccccc4c4ccccc43)cc1)c1ncccc1N=C2c1ccc(-n2c3ccccc3c3ccccc32)cc1. The van der Waals surface area contributed by atoms with E-state index in [-0.39, 0.29) is 0 Å². The second kappa shape index (κ2) is 12.1. The number of rotatable bonds is 4. The third-order valence-corrected chi connectivity index (χ3v) is 10.4. The van der Waals surface area contributed by atoms with Crippen LogP contribution in [0.3, 0.4) is 0 Å². The molecule has 0 radical (unpaired) electrons. The first-order valence-corrected chi connectivity index (χ1v) is 18.1. The molecule has 0 aliphatic carbocycles. The Morgan fingerprint density at radius 2 is 0.648 bits per heavy atom. The summed E-state index contributed by atoms with van der Waals surface area (Å²) in [6.07, 6.45) is 3.62. The van der Waals surface area contributed by atoms with E-state index >= 15 is 0 Å². The Morgan fingerprint density at radius 1 is 0.315 bits per heavy atom. The van der Waals surface area contributed by atoms with Crippen LogP contribution >= 0.6 is 0 Å². The van der Waals surface area contributed by atoms with Gasteiger partial charge in [-0.15, -0.1) is 0 Å². The highest BCUT2D eigenvalue weighted by molar-refractivity contribution is 6.21. The molecule has 0 saturated heterocycles. The quantitative estimate of drug-likeness (QED) is 0.185. The van der Waals surface area contributed by atoms with Crippen molar-refractivity contribution in [2.24, 2.45) is 9.98 Å². The maximum atomic E-state index is 5.31. The Labute approximate surface area is 310 Å². The van der Waals surface area contributed by atoms with Gasteiger partial charge in [0, 0.05) is 56.4 Å². The third kappa shape index (κ3) is 4.67. The number of nitrogens with zero attached hydrogens (tertiary/aromatic N) is 6. The lowest BCUT2D eigenvalue weighted by Gasteiger charge is -2.17. The Kier molecular flexibility index (Phi) is 6.75. The van der Waals surface area contributed by atoms with Crippen LogP contribution in [-0.2, 0) is 0 Å². The fourth-order valence-electron chi connectivity index (χ4n) is 8.03. The predicted molar refractivity (Wildman–Crippen MR) is 221 cm³/mol. The highest BCUT2D eigenvalue weighted by Crippen LogP contribution is 2.36. The van der Waals surface area contributed by atoms with Crippen LogP contribution in [0.15, 0.2) is 192 Å². The Hall–Kier alpha value is -7.44. The lowest BCUT2D eigenvalue weighted by molar-refractivity contribution is 1.18. The molecule has 1 aliphatic heterocycles. The number of hydrogen-bond acceptors (Lipinski definition) is 4. The highest BCUT2D eigenvalue weighted by atomic mass is 15.0. The minimum Gasteiger partial charge on any atom is -0.309 e. The molecule has 0 amide bonds. The first-order valence-electron chi connectivity index (χ1n) is 18.1. The molecular formula is C48H30N6. The van der Waals surface area contributed by atoms with Gasteiger partial charge in [0.15, 0.2) is 0 Å². The molecule has 4 aromatic heterocycles. The van der Waals surface area contributed by atoms with Gasteiger partial charge in [0.2, 0.25) is 0 Å². The topological polar surface area (TPSA) is 60.4 Å². The number of aliphatic imine (C=N–C) groups is 2. The average molecular weight is 691 g/mol. The van der Waals surface area contributed by atoms with Crippen molar-refractivity contribution in [3.05, 3.63) is 205 Å². The van der Waals surface area contributed by atoms with Gasteiger partial charge < -0.3 is 9.13 Å². The van der Waals surface area contributed by atoms with Gasteiger partial charge in [-0.25, -0.2) is 9.98 Å². The molecule has 0 N–H and O–H groups in total. The average Bonchev–Trinajstić information content (AvgIpc) is 3.75. The number of benzene rings is 6. The Morgan fingerprint density at radius 3 is 1.00 bits per heavy atom. The summed E-state index contributed by atoms with van der Waals surface area (Å²) in [5, 5.41) is 4.94. The molecule has 54 heavy (non-hydrogen) atoms. The molecule has 5 heterocycles. The number of pyridine rings is 2. The van der Waals surface area contributed by atoms with E-state index in [9.17, 15) is 0 Å². The molecule has 6 aromatic carbocycles. The van der Waals surface area contributed by atoms with Gasteiger partial charge in [-0.1, -0.05) is 97.1 Å². The highest BCUT2D eigenvalue weighted by Gasteiger charge is 2.23. The van der Waals surface area contributed by atoms with Crippen LogP contribution in [0.5, 0.6) is 0 Å². The maximum Gasteiger partial charge on any atom is 0.115 e. The van der Waals surface area contributed by atoms with E-state index in [2.05, 4.69) is 155 Å². The van der Waals surface area contributed by atoms with Crippen molar-refractivity contribution in [3.8, 4) is 11.4 Å². The van der Waals surface area contributed by atoms with Gasteiger partial charge in [0.1, 0.15) is 11.4 Å². The molecule has 0 spiro atoms. The van der Waals surface area contributed by atoms with Gasteiger partial charge >= 0.3 is 0 Å². The van der Waals surface area contributed by atoms with Crippen molar-refractivity contribution < 1.29 is 0 Å². The zero-order valence-electron chi connectivity index (χ0n) is 29.0. The number of fused-ring (bicyclic) bond motifs is 8. The van der Waals surface area contributed by atoms with E-state index in [4.69, 9.17) is 20.0 Å². The van der Waals surface area contributed by atoms with Crippen LogP contribution in [0.4, 0.5) is 11.4 Å². The number of aromatic nitrogens is 4. The van der Waals surface area contributed by atoms with Gasteiger partial charge in [-0.05, 0) is 72.8 Å². The van der Waals surface area contributed by atoms with E-state index in [1.54, 1.807) is 0 Å². The maximum absolute atomic E-state index is 5.31. The molecular weight excluding hydrogens is 661 g/mol. The monoisotopic (exact) mass is 690 g/mol. The molecule has 0 saturated carbocycles. The van der Waals surface area contributed by atoms with Crippen LogP contribution < -0.4 is 0 Å². The van der Waals surface area contributed by atoms with Gasteiger partial charge in [-0.2, -0.15) is 0 Å². The van der Waals surface area contributed by atoms with E-state index in [1.165, 1.54) is 43.6 Å². The van der Waals surface area contributed by atoms with Crippen molar-refractivity contribution in [2.75, 3.05) is 0 Å². The van der Waals surface area contributed by atoms with Crippen molar-refractivity contribution >= 4 is 66.4 Å². The second-order valence-corrected chi connectivity index (χ2v) is 13.5. The summed E-state index contributed by atoms with van der Waals surface area (Å²) < 4.78 is 4.64. The first kappa shape index (κ1) is 30.2. The van der Waals surface area contributed by atoms with Crippen molar-refractivity contribution in [1.82, 2.24) is 19.1 Å².